The minimum atomic E-state index is -0.385. The molecule has 1 unspecified atom stereocenters. The number of benzene rings is 2. The van der Waals surface area contributed by atoms with Gasteiger partial charge in [0.2, 0.25) is 5.91 Å². The van der Waals surface area contributed by atoms with Gasteiger partial charge < -0.3 is 4.74 Å². The quantitative estimate of drug-likeness (QED) is 0.818. The van der Waals surface area contributed by atoms with Crippen molar-refractivity contribution < 1.29 is 19.1 Å². The van der Waals surface area contributed by atoms with Crippen molar-refractivity contribution in [2.75, 3.05) is 6.61 Å². The smallest absolute Gasteiger partial charge is 0.286 e. The van der Waals surface area contributed by atoms with Gasteiger partial charge in [-0.3, -0.25) is 19.7 Å². The molecule has 2 amide bonds. The Kier molecular flexibility index (Phi) is 4.96. The fourth-order valence-corrected chi connectivity index (χ4v) is 3.18. The van der Waals surface area contributed by atoms with Crippen LogP contribution in [0.3, 0.4) is 0 Å². The minimum Gasteiger partial charge on any atom is -0.485 e. The Bertz CT molecular complexity index is 758. The van der Waals surface area contributed by atoms with Crippen LogP contribution in [0.4, 0.5) is 4.79 Å². The standard InChI is InChI=1S/C18H15NO4S/c20-15(13-4-2-1-3-5-13)11-23-14-8-6-12(7-9-14)10-16-17(21)19-18(22)24-16/h1-9,16H,10-11H2,(H,19,21,22). The molecule has 1 fully saturated rings. The number of rotatable bonds is 6. The second-order valence-corrected chi connectivity index (χ2v) is 6.48. The lowest BCUT2D eigenvalue weighted by atomic mass is 10.1. The Hall–Kier alpha value is -2.60. The molecule has 3 rings (SSSR count). The van der Waals surface area contributed by atoms with Gasteiger partial charge in [0.05, 0.1) is 5.25 Å². The van der Waals surface area contributed by atoms with Crippen molar-refractivity contribution in [1.29, 1.82) is 0 Å². The lowest BCUT2D eigenvalue weighted by molar-refractivity contribution is -0.118. The Labute approximate surface area is 143 Å². The number of ketones is 1. The van der Waals surface area contributed by atoms with Gasteiger partial charge in [-0.1, -0.05) is 54.2 Å². The summed E-state index contributed by atoms with van der Waals surface area (Å²) in [5, 5.41) is 1.58. The minimum absolute atomic E-state index is 0.0290. The Balaban J connectivity index is 1.54. The van der Waals surface area contributed by atoms with Gasteiger partial charge in [-0.2, -0.15) is 0 Å². The van der Waals surface area contributed by atoms with Crippen LogP contribution in [-0.2, 0) is 11.2 Å². The van der Waals surface area contributed by atoms with Gasteiger partial charge in [0.1, 0.15) is 5.75 Å². The summed E-state index contributed by atoms with van der Waals surface area (Å²) >= 11 is 1.01. The average molecular weight is 341 g/mol. The molecule has 0 radical (unpaired) electrons. The molecule has 1 aliphatic rings. The Morgan fingerprint density at radius 2 is 1.75 bits per heavy atom. The highest BCUT2D eigenvalue weighted by atomic mass is 32.2. The summed E-state index contributed by atoms with van der Waals surface area (Å²) in [6, 6.07) is 16.2. The van der Waals surface area contributed by atoms with Crippen LogP contribution in [-0.4, -0.2) is 28.8 Å². The van der Waals surface area contributed by atoms with Gasteiger partial charge in [-0.15, -0.1) is 0 Å². The van der Waals surface area contributed by atoms with E-state index in [4.69, 9.17) is 4.74 Å². The SMILES string of the molecule is O=C1NC(=O)C(Cc2ccc(OCC(=O)c3ccccc3)cc2)S1. The van der Waals surface area contributed by atoms with Crippen LogP contribution in [0.2, 0.25) is 0 Å². The van der Waals surface area contributed by atoms with E-state index in [0.29, 0.717) is 17.7 Å². The number of amides is 2. The molecule has 24 heavy (non-hydrogen) atoms. The van der Waals surface area contributed by atoms with Crippen molar-refractivity contribution >= 4 is 28.7 Å². The molecule has 1 N–H and O–H groups in total. The molecular weight excluding hydrogens is 326 g/mol. The van der Waals surface area contributed by atoms with Crippen molar-refractivity contribution in [2.24, 2.45) is 0 Å². The lowest BCUT2D eigenvalue weighted by Crippen LogP contribution is -2.25. The zero-order valence-electron chi connectivity index (χ0n) is 12.7. The highest BCUT2D eigenvalue weighted by Crippen LogP contribution is 2.23. The van der Waals surface area contributed by atoms with Crippen LogP contribution in [0.25, 0.3) is 0 Å². The molecule has 1 aliphatic heterocycles. The number of carbonyl (C=O) groups is 3. The average Bonchev–Trinajstić information content (AvgIpc) is 2.92. The normalized spacial score (nSPS) is 16.8. The maximum absolute atomic E-state index is 12.0. The predicted molar refractivity (Wildman–Crippen MR) is 91.3 cm³/mol. The van der Waals surface area contributed by atoms with Crippen LogP contribution in [0.1, 0.15) is 15.9 Å². The molecule has 6 heteroatoms. The number of hydrogen-bond donors (Lipinski definition) is 1. The number of nitrogens with one attached hydrogen (secondary N) is 1. The number of imide groups is 1. The maximum atomic E-state index is 12.0. The van der Waals surface area contributed by atoms with E-state index >= 15 is 0 Å². The second kappa shape index (κ2) is 7.31. The predicted octanol–water partition coefficient (Wildman–Crippen LogP) is 2.84. The number of thioether (sulfide) groups is 1. The third kappa shape index (κ3) is 4.02. The van der Waals surface area contributed by atoms with E-state index in [9.17, 15) is 14.4 Å². The molecule has 2 aromatic carbocycles. The van der Waals surface area contributed by atoms with E-state index < -0.39 is 0 Å². The zero-order chi connectivity index (χ0) is 16.9. The third-order valence-electron chi connectivity index (χ3n) is 3.58. The first kappa shape index (κ1) is 16.3. The highest BCUT2D eigenvalue weighted by Gasteiger charge is 2.31. The van der Waals surface area contributed by atoms with E-state index in [1.165, 1.54) is 0 Å². The van der Waals surface area contributed by atoms with Crippen molar-refractivity contribution in [3.05, 3.63) is 65.7 Å². The first-order valence-corrected chi connectivity index (χ1v) is 8.31. The lowest BCUT2D eigenvalue weighted by Gasteiger charge is -2.08. The number of hydrogen-bond acceptors (Lipinski definition) is 5. The fraction of sp³-hybridized carbons (Fsp3) is 0.167. The summed E-state index contributed by atoms with van der Waals surface area (Å²) in [5.41, 5.74) is 1.54. The van der Waals surface area contributed by atoms with Crippen LogP contribution >= 0.6 is 11.8 Å². The van der Waals surface area contributed by atoms with E-state index in [2.05, 4.69) is 5.32 Å². The molecule has 2 aromatic rings. The molecule has 1 heterocycles. The van der Waals surface area contributed by atoms with Gasteiger partial charge in [0.15, 0.2) is 12.4 Å². The first-order valence-electron chi connectivity index (χ1n) is 7.43. The van der Waals surface area contributed by atoms with Gasteiger partial charge in [-0.05, 0) is 24.1 Å². The number of Topliss-reactive ketones (excluding diaryl/α,β-unsaturated/α-hetero) is 1. The number of carbonyl (C=O) groups excluding carboxylic acids is 3. The molecule has 122 valence electrons. The van der Waals surface area contributed by atoms with E-state index in [0.717, 1.165) is 17.3 Å². The Morgan fingerprint density at radius 1 is 1.04 bits per heavy atom. The summed E-state index contributed by atoms with van der Waals surface area (Å²) in [4.78, 5) is 34.7. The van der Waals surface area contributed by atoms with Gasteiger partial charge in [0, 0.05) is 5.56 Å². The Morgan fingerprint density at radius 3 is 2.38 bits per heavy atom. The molecule has 0 aromatic heterocycles. The maximum Gasteiger partial charge on any atom is 0.286 e. The van der Waals surface area contributed by atoms with Crippen LogP contribution in [0, 0.1) is 0 Å². The highest BCUT2D eigenvalue weighted by molar-refractivity contribution is 8.15. The summed E-state index contributed by atoms with van der Waals surface area (Å²) < 4.78 is 5.50. The van der Waals surface area contributed by atoms with Crippen LogP contribution in [0.5, 0.6) is 5.75 Å². The molecule has 0 bridgehead atoms. The first-order chi connectivity index (χ1) is 11.6. The van der Waals surface area contributed by atoms with E-state index in [-0.39, 0.29) is 28.8 Å². The molecule has 0 saturated carbocycles. The van der Waals surface area contributed by atoms with Crippen LogP contribution in [0.15, 0.2) is 54.6 Å². The monoisotopic (exact) mass is 341 g/mol. The molecule has 1 atom stereocenters. The van der Waals surface area contributed by atoms with Crippen molar-refractivity contribution in [2.45, 2.75) is 11.7 Å². The third-order valence-corrected chi connectivity index (χ3v) is 4.56. The molecule has 0 aliphatic carbocycles. The number of ether oxygens (including phenoxy) is 1. The van der Waals surface area contributed by atoms with Gasteiger partial charge in [0.25, 0.3) is 5.24 Å². The summed E-state index contributed by atoms with van der Waals surface area (Å²) in [7, 11) is 0. The van der Waals surface area contributed by atoms with Crippen molar-refractivity contribution in [3.8, 4) is 5.75 Å². The summed E-state index contributed by atoms with van der Waals surface area (Å²) in [5.74, 6) is 0.249. The van der Waals surface area contributed by atoms with Gasteiger partial charge in [-0.25, -0.2) is 0 Å². The summed E-state index contributed by atoms with van der Waals surface area (Å²) in [6.07, 6.45) is 0.478. The molecule has 0 spiro atoms. The summed E-state index contributed by atoms with van der Waals surface area (Å²) in [6.45, 7) is -0.0290. The molecule has 5 nitrogen and oxygen atoms in total. The molecule has 1 saturated heterocycles. The van der Waals surface area contributed by atoms with Crippen molar-refractivity contribution in [3.63, 3.8) is 0 Å². The second-order valence-electron chi connectivity index (χ2n) is 5.31. The largest absolute Gasteiger partial charge is 0.485 e. The molecular formula is C18H15NO4S. The fourth-order valence-electron chi connectivity index (χ4n) is 2.32. The topological polar surface area (TPSA) is 72.5 Å². The van der Waals surface area contributed by atoms with Gasteiger partial charge >= 0.3 is 0 Å². The van der Waals surface area contributed by atoms with E-state index in [1.807, 2.05) is 30.3 Å². The van der Waals surface area contributed by atoms with Crippen molar-refractivity contribution in [1.82, 2.24) is 5.32 Å². The van der Waals surface area contributed by atoms with Crippen LogP contribution < -0.4 is 10.1 Å². The zero-order valence-corrected chi connectivity index (χ0v) is 13.5. The van der Waals surface area contributed by atoms with E-state index in [1.54, 1.807) is 24.3 Å².